The Morgan fingerprint density at radius 2 is 2.14 bits per heavy atom. The first-order chi connectivity index (χ1) is 9.95. The van der Waals surface area contributed by atoms with Gasteiger partial charge in [0, 0.05) is 11.1 Å². The highest BCUT2D eigenvalue weighted by Crippen LogP contribution is 2.25. The van der Waals surface area contributed by atoms with Crippen LogP contribution in [-0.4, -0.2) is 23.1 Å². The van der Waals surface area contributed by atoms with Crippen molar-refractivity contribution in [2.24, 2.45) is 5.92 Å². The van der Waals surface area contributed by atoms with Crippen LogP contribution in [0, 0.1) is 5.92 Å². The monoisotopic (exact) mass is 310 g/mol. The Labute approximate surface area is 128 Å². The van der Waals surface area contributed by atoms with E-state index in [1.165, 1.54) is 0 Å². The van der Waals surface area contributed by atoms with Gasteiger partial charge in [0.2, 0.25) is 0 Å². The second-order valence-corrected chi connectivity index (χ2v) is 5.88. The number of aliphatic carboxylic acids is 1. The maximum absolute atomic E-state index is 11.9. The van der Waals surface area contributed by atoms with Crippen LogP contribution in [0.15, 0.2) is 24.3 Å². The molecule has 0 aliphatic heterocycles. The number of benzene rings is 1. The molecule has 1 saturated carbocycles. The number of amides is 2. The highest BCUT2D eigenvalue weighted by Gasteiger charge is 2.30. The van der Waals surface area contributed by atoms with Crippen LogP contribution in [0.3, 0.4) is 0 Å². The molecule has 1 fully saturated rings. The molecule has 6 heteroatoms. The molecule has 3 N–H and O–H groups in total. The normalized spacial score (nSPS) is 22.6. The number of hydrogen-bond donors (Lipinski definition) is 3. The Morgan fingerprint density at radius 1 is 1.38 bits per heavy atom. The predicted molar refractivity (Wildman–Crippen MR) is 80.3 cm³/mol. The van der Waals surface area contributed by atoms with Crippen LogP contribution in [0.2, 0.25) is 5.02 Å². The molecular weight excluding hydrogens is 292 g/mol. The average molecular weight is 311 g/mol. The lowest BCUT2D eigenvalue weighted by Crippen LogP contribution is -2.42. The number of urea groups is 1. The van der Waals surface area contributed by atoms with Crippen LogP contribution in [0.5, 0.6) is 0 Å². The van der Waals surface area contributed by atoms with Crippen LogP contribution in [0.1, 0.15) is 37.8 Å². The summed E-state index contributed by atoms with van der Waals surface area (Å²) in [6, 6.07) is 6.80. The van der Waals surface area contributed by atoms with Crippen LogP contribution >= 0.6 is 11.6 Å². The fourth-order valence-corrected chi connectivity index (χ4v) is 2.82. The summed E-state index contributed by atoms with van der Waals surface area (Å²) < 4.78 is 0. The Kier molecular flexibility index (Phi) is 5.07. The van der Waals surface area contributed by atoms with Gasteiger partial charge in [-0.3, -0.25) is 4.79 Å². The first kappa shape index (κ1) is 15.6. The Bertz CT molecular complexity index is 535. The number of carbonyl (C=O) groups excluding carboxylic acids is 1. The van der Waals surface area contributed by atoms with Gasteiger partial charge in [-0.25, -0.2) is 4.79 Å². The van der Waals surface area contributed by atoms with Crippen molar-refractivity contribution < 1.29 is 14.7 Å². The lowest BCUT2D eigenvalue weighted by molar-refractivity contribution is -0.141. The molecule has 2 rings (SSSR count). The lowest BCUT2D eigenvalue weighted by Gasteiger charge is -2.18. The summed E-state index contributed by atoms with van der Waals surface area (Å²) in [5.41, 5.74) is 0.924. The Morgan fingerprint density at radius 3 is 2.76 bits per heavy atom. The minimum atomic E-state index is -0.785. The Hall–Kier alpha value is -1.75. The molecule has 21 heavy (non-hydrogen) atoms. The van der Waals surface area contributed by atoms with Crippen molar-refractivity contribution in [1.29, 1.82) is 0 Å². The molecule has 0 aromatic heterocycles. The average Bonchev–Trinajstić information content (AvgIpc) is 2.87. The summed E-state index contributed by atoms with van der Waals surface area (Å²) in [7, 11) is 0. The summed E-state index contributed by atoms with van der Waals surface area (Å²) in [6.07, 6.45) is 1.81. The van der Waals surface area contributed by atoms with Crippen molar-refractivity contribution in [3.05, 3.63) is 34.9 Å². The zero-order valence-corrected chi connectivity index (χ0v) is 12.6. The quantitative estimate of drug-likeness (QED) is 0.800. The minimum Gasteiger partial charge on any atom is -0.481 e. The molecule has 1 aromatic carbocycles. The van der Waals surface area contributed by atoms with Crippen LogP contribution in [0.4, 0.5) is 4.79 Å². The van der Waals surface area contributed by atoms with E-state index in [0.717, 1.165) is 5.56 Å². The summed E-state index contributed by atoms with van der Waals surface area (Å²) in [5, 5.41) is 15.2. The van der Waals surface area contributed by atoms with Crippen molar-refractivity contribution in [3.8, 4) is 0 Å². The van der Waals surface area contributed by atoms with Crippen molar-refractivity contribution >= 4 is 23.6 Å². The molecule has 0 bridgehead atoms. The fourth-order valence-electron chi connectivity index (χ4n) is 2.62. The maximum Gasteiger partial charge on any atom is 0.315 e. The van der Waals surface area contributed by atoms with E-state index in [9.17, 15) is 9.59 Å². The first-order valence-corrected chi connectivity index (χ1v) is 7.39. The number of carboxylic acid groups (broad SMARTS) is 1. The van der Waals surface area contributed by atoms with Crippen molar-refractivity contribution in [2.75, 3.05) is 0 Å². The van der Waals surface area contributed by atoms with Crippen molar-refractivity contribution in [2.45, 2.75) is 38.3 Å². The SMILES string of the molecule is CC(NC(=O)NC1CCC(C(=O)O)C1)c1cccc(Cl)c1. The number of nitrogens with one attached hydrogen (secondary N) is 2. The number of hydrogen-bond acceptors (Lipinski definition) is 2. The number of carboxylic acids is 1. The van der Waals surface area contributed by atoms with Gasteiger partial charge in [-0.1, -0.05) is 23.7 Å². The molecule has 0 heterocycles. The summed E-state index contributed by atoms with van der Waals surface area (Å²) in [5.74, 6) is -1.13. The Balaban J connectivity index is 1.83. The topological polar surface area (TPSA) is 78.4 Å². The largest absolute Gasteiger partial charge is 0.481 e. The molecule has 2 amide bonds. The number of carbonyl (C=O) groups is 2. The van der Waals surface area contributed by atoms with E-state index >= 15 is 0 Å². The zero-order valence-electron chi connectivity index (χ0n) is 11.8. The van der Waals surface area contributed by atoms with E-state index in [-0.39, 0.29) is 24.0 Å². The third kappa shape index (κ3) is 4.36. The standard InChI is InChI=1S/C15H19ClN2O3/c1-9(10-3-2-4-12(16)7-10)17-15(21)18-13-6-5-11(8-13)14(19)20/h2-4,7,9,11,13H,5-6,8H2,1H3,(H,19,20)(H2,17,18,21). The van der Waals surface area contributed by atoms with E-state index in [1.807, 2.05) is 25.1 Å². The van der Waals surface area contributed by atoms with Gasteiger partial charge in [-0.2, -0.15) is 0 Å². The van der Waals surface area contributed by atoms with Gasteiger partial charge in [-0.05, 0) is 43.9 Å². The lowest BCUT2D eigenvalue weighted by atomic mass is 10.1. The van der Waals surface area contributed by atoms with Gasteiger partial charge in [-0.15, -0.1) is 0 Å². The second-order valence-electron chi connectivity index (χ2n) is 5.44. The molecule has 114 valence electrons. The van der Waals surface area contributed by atoms with Crippen LogP contribution in [0.25, 0.3) is 0 Å². The van der Waals surface area contributed by atoms with E-state index < -0.39 is 5.97 Å². The van der Waals surface area contributed by atoms with E-state index in [4.69, 9.17) is 16.7 Å². The van der Waals surface area contributed by atoms with Gasteiger partial charge in [0.25, 0.3) is 0 Å². The molecule has 0 spiro atoms. The van der Waals surface area contributed by atoms with Gasteiger partial charge in [0.05, 0.1) is 12.0 Å². The van der Waals surface area contributed by atoms with Crippen molar-refractivity contribution in [3.63, 3.8) is 0 Å². The second kappa shape index (κ2) is 6.80. The molecule has 0 saturated heterocycles. The number of rotatable bonds is 4. The van der Waals surface area contributed by atoms with Gasteiger partial charge >= 0.3 is 12.0 Å². The van der Waals surface area contributed by atoms with Crippen LogP contribution < -0.4 is 10.6 Å². The van der Waals surface area contributed by atoms with Gasteiger partial charge in [0.1, 0.15) is 0 Å². The summed E-state index contributed by atoms with van der Waals surface area (Å²) >= 11 is 5.92. The summed E-state index contributed by atoms with van der Waals surface area (Å²) in [4.78, 5) is 22.8. The molecule has 3 unspecified atom stereocenters. The highest BCUT2D eigenvalue weighted by molar-refractivity contribution is 6.30. The first-order valence-electron chi connectivity index (χ1n) is 7.01. The van der Waals surface area contributed by atoms with E-state index in [2.05, 4.69) is 10.6 Å². The number of halogens is 1. The summed E-state index contributed by atoms with van der Waals surface area (Å²) in [6.45, 7) is 1.87. The third-order valence-corrected chi connectivity index (χ3v) is 4.05. The van der Waals surface area contributed by atoms with Gasteiger partial charge in [0.15, 0.2) is 0 Å². The molecule has 1 aromatic rings. The molecular formula is C15H19ClN2O3. The smallest absolute Gasteiger partial charge is 0.315 e. The molecule has 1 aliphatic rings. The van der Waals surface area contributed by atoms with E-state index in [1.54, 1.807) is 6.07 Å². The zero-order chi connectivity index (χ0) is 15.4. The van der Waals surface area contributed by atoms with E-state index in [0.29, 0.717) is 24.3 Å². The molecule has 5 nitrogen and oxygen atoms in total. The van der Waals surface area contributed by atoms with Crippen molar-refractivity contribution in [1.82, 2.24) is 10.6 Å². The fraction of sp³-hybridized carbons (Fsp3) is 0.467. The maximum atomic E-state index is 11.9. The molecule has 3 atom stereocenters. The predicted octanol–water partition coefficient (Wildman–Crippen LogP) is 2.95. The van der Waals surface area contributed by atoms with Gasteiger partial charge < -0.3 is 15.7 Å². The molecule has 0 radical (unpaired) electrons. The third-order valence-electron chi connectivity index (χ3n) is 3.81. The minimum absolute atomic E-state index is 0.0716. The van der Waals surface area contributed by atoms with Crippen LogP contribution in [-0.2, 0) is 4.79 Å². The highest BCUT2D eigenvalue weighted by atomic mass is 35.5. The molecule has 1 aliphatic carbocycles.